The highest BCUT2D eigenvalue weighted by Gasteiger charge is 2.11. The molecule has 0 unspecified atom stereocenters. The number of alkyl halides is 2. The van der Waals surface area contributed by atoms with Crippen molar-refractivity contribution in [3.63, 3.8) is 0 Å². The molecule has 17 heavy (non-hydrogen) atoms. The van der Waals surface area contributed by atoms with E-state index in [1.807, 2.05) is 0 Å². The Kier molecular flexibility index (Phi) is 5.82. The fraction of sp³-hybridized carbons (Fsp3) is 0.364. The minimum atomic E-state index is -2.52. The largest absolute Gasteiger partial charge is 0.375 e. The summed E-state index contributed by atoms with van der Waals surface area (Å²) in [5, 5.41) is 0.678. The number of hydrogen-bond donors (Lipinski definition) is 0. The summed E-state index contributed by atoms with van der Waals surface area (Å²) < 4.78 is 28.1. The zero-order valence-corrected chi connectivity index (χ0v) is 10.3. The molecule has 0 aliphatic carbocycles. The molecule has 0 N–H and O–H groups in total. The number of carbonyl (C=O) groups is 1. The van der Waals surface area contributed by atoms with E-state index in [0.29, 0.717) is 10.6 Å². The zero-order chi connectivity index (χ0) is 12.8. The van der Waals surface area contributed by atoms with E-state index in [1.165, 1.54) is 12.1 Å². The predicted molar refractivity (Wildman–Crippen MR) is 62.2 cm³/mol. The van der Waals surface area contributed by atoms with Crippen LogP contribution in [0.4, 0.5) is 8.78 Å². The maximum atomic E-state index is 11.7. The molecule has 1 aromatic rings. The zero-order valence-electron chi connectivity index (χ0n) is 8.76. The number of hydrogen-bond acceptors (Lipinski definition) is 2. The Morgan fingerprint density at radius 3 is 2.65 bits per heavy atom. The van der Waals surface area contributed by atoms with Crippen LogP contribution >= 0.6 is 23.2 Å². The van der Waals surface area contributed by atoms with Gasteiger partial charge in [-0.3, -0.25) is 4.79 Å². The highest BCUT2D eigenvalue weighted by molar-refractivity contribution is 6.36. The number of halogens is 4. The van der Waals surface area contributed by atoms with Gasteiger partial charge in [-0.25, -0.2) is 8.78 Å². The molecule has 2 nitrogen and oxygen atoms in total. The van der Waals surface area contributed by atoms with Crippen molar-refractivity contribution in [2.24, 2.45) is 0 Å². The first-order valence-corrected chi connectivity index (χ1v) is 5.60. The van der Waals surface area contributed by atoms with Gasteiger partial charge < -0.3 is 4.74 Å². The number of rotatable bonds is 6. The van der Waals surface area contributed by atoms with E-state index in [1.54, 1.807) is 6.07 Å². The summed E-state index contributed by atoms with van der Waals surface area (Å²) in [4.78, 5) is 11.6. The van der Waals surface area contributed by atoms with E-state index in [9.17, 15) is 13.6 Å². The average Bonchev–Trinajstić information content (AvgIpc) is 2.23. The topological polar surface area (TPSA) is 26.3 Å². The first-order valence-electron chi connectivity index (χ1n) is 4.85. The molecule has 0 saturated heterocycles. The summed E-state index contributed by atoms with van der Waals surface area (Å²) >= 11 is 11.5. The van der Waals surface area contributed by atoms with Crippen LogP contribution in [0.5, 0.6) is 0 Å². The van der Waals surface area contributed by atoms with Crippen LogP contribution in [-0.4, -0.2) is 25.4 Å². The summed E-state index contributed by atoms with van der Waals surface area (Å²) in [6, 6.07) is 4.50. The molecule has 0 heterocycles. The fourth-order valence-electron chi connectivity index (χ4n) is 1.19. The van der Waals surface area contributed by atoms with Gasteiger partial charge in [0.1, 0.15) is 6.61 Å². The van der Waals surface area contributed by atoms with E-state index < -0.39 is 13.0 Å². The van der Waals surface area contributed by atoms with Crippen molar-refractivity contribution in [2.45, 2.75) is 12.8 Å². The minimum absolute atomic E-state index is 0.00801. The molecular formula is C11H10Cl2F2O2. The molecule has 0 bridgehead atoms. The summed E-state index contributed by atoms with van der Waals surface area (Å²) in [7, 11) is 0. The second-order valence-electron chi connectivity index (χ2n) is 3.26. The van der Waals surface area contributed by atoms with E-state index in [0.717, 1.165) is 0 Å². The van der Waals surface area contributed by atoms with Crippen molar-refractivity contribution >= 4 is 29.0 Å². The van der Waals surface area contributed by atoms with E-state index in [-0.39, 0.29) is 23.8 Å². The molecule has 0 aliphatic heterocycles. The Morgan fingerprint density at radius 2 is 2.06 bits per heavy atom. The SMILES string of the molecule is O=C(CCOCC(F)F)c1ccc(Cl)cc1Cl. The van der Waals surface area contributed by atoms with E-state index in [2.05, 4.69) is 4.74 Å². The first-order chi connectivity index (χ1) is 8.00. The smallest absolute Gasteiger partial charge is 0.261 e. The number of benzene rings is 1. The van der Waals surface area contributed by atoms with Crippen molar-refractivity contribution in [1.29, 1.82) is 0 Å². The van der Waals surface area contributed by atoms with Crippen molar-refractivity contribution in [1.82, 2.24) is 0 Å². The Bertz CT molecular complexity index is 397. The molecule has 94 valence electrons. The van der Waals surface area contributed by atoms with Crippen molar-refractivity contribution in [3.05, 3.63) is 33.8 Å². The van der Waals surface area contributed by atoms with Crippen LogP contribution in [0.3, 0.4) is 0 Å². The molecule has 1 aromatic carbocycles. The van der Waals surface area contributed by atoms with Crippen molar-refractivity contribution in [3.8, 4) is 0 Å². The molecule has 0 saturated carbocycles. The molecule has 0 amide bonds. The van der Waals surface area contributed by atoms with Gasteiger partial charge in [0.15, 0.2) is 5.78 Å². The molecule has 1 rings (SSSR count). The molecular weight excluding hydrogens is 273 g/mol. The van der Waals surface area contributed by atoms with Gasteiger partial charge in [0, 0.05) is 17.0 Å². The lowest BCUT2D eigenvalue weighted by atomic mass is 10.1. The van der Waals surface area contributed by atoms with Crippen LogP contribution in [0.2, 0.25) is 10.0 Å². The highest BCUT2D eigenvalue weighted by atomic mass is 35.5. The van der Waals surface area contributed by atoms with Gasteiger partial charge in [0.25, 0.3) is 6.43 Å². The fourth-order valence-corrected chi connectivity index (χ4v) is 1.70. The third kappa shape index (κ3) is 4.98. The van der Waals surface area contributed by atoms with Gasteiger partial charge in [0.05, 0.1) is 11.6 Å². The summed E-state index contributed by atoms with van der Waals surface area (Å²) in [6.07, 6.45) is -2.52. The standard InChI is InChI=1S/C11H10Cl2F2O2/c12-7-1-2-8(9(13)5-7)10(16)3-4-17-6-11(14)15/h1-2,5,11H,3-4,6H2. The lowest BCUT2D eigenvalue weighted by Gasteiger charge is -2.05. The van der Waals surface area contributed by atoms with Gasteiger partial charge in [-0.05, 0) is 18.2 Å². The molecule has 0 fully saturated rings. The second kappa shape index (κ2) is 6.89. The quantitative estimate of drug-likeness (QED) is 0.585. The van der Waals surface area contributed by atoms with Gasteiger partial charge in [-0.15, -0.1) is 0 Å². The normalized spacial score (nSPS) is 10.9. The first kappa shape index (κ1) is 14.4. The lowest BCUT2D eigenvalue weighted by molar-refractivity contribution is 0.0170. The molecule has 0 radical (unpaired) electrons. The Balaban J connectivity index is 2.47. The molecule has 0 atom stereocenters. The Hall–Kier alpha value is -0.710. The van der Waals surface area contributed by atoms with Crippen molar-refractivity contribution in [2.75, 3.05) is 13.2 Å². The van der Waals surface area contributed by atoms with Crippen LogP contribution in [0, 0.1) is 0 Å². The molecule has 6 heteroatoms. The van der Waals surface area contributed by atoms with E-state index in [4.69, 9.17) is 23.2 Å². The monoisotopic (exact) mass is 282 g/mol. The number of ether oxygens (including phenoxy) is 1. The molecule has 0 aliphatic rings. The van der Waals surface area contributed by atoms with Gasteiger partial charge in [0.2, 0.25) is 0 Å². The Morgan fingerprint density at radius 1 is 1.35 bits per heavy atom. The number of ketones is 1. The maximum absolute atomic E-state index is 11.7. The average molecular weight is 283 g/mol. The van der Waals surface area contributed by atoms with Crippen LogP contribution in [0.1, 0.15) is 16.8 Å². The van der Waals surface area contributed by atoms with Crippen LogP contribution in [0.15, 0.2) is 18.2 Å². The third-order valence-corrected chi connectivity index (χ3v) is 2.50. The predicted octanol–water partition coefficient (Wildman–Crippen LogP) is 3.85. The van der Waals surface area contributed by atoms with Crippen LogP contribution < -0.4 is 0 Å². The third-order valence-electron chi connectivity index (χ3n) is 1.95. The highest BCUT2D eigenvalue weighted by Crippen LogP contribution is 2.22. The molecule has 0 spiro atoms. The summed E-state index contributed by atoms with van der Waals surface area (Å²) in [5.41, 5.74) is 0.316. The van der Waals surface area contributed by atoms with Crippen molar-refractivity contribution < 1.29 is 18.3 Å². The lowest BCUT2D eigenvalue weighted by Crippen LogP contribution is -2.09. The van der Waals surface area contributed by atoms with Crippen LogP contribution in [0.25, 0.3) is 0 Å². The van der Waals surface area contributed by atoms with Crippen LogP contribution in [-0.2, 0) is 4.74 Å². The number of Topliss-reactive ketones (excluding diaryl/α,β-unsaturated/α-hetero) is 1. The maximum Gasteiger partial charge on any atom is 0.261 e. The second-order valence-corrected chi connectivity index (χ2v) is 4.11. The molecule has 0 aromatic heterocycles. The Labute approximate surface area is 107 Å². The minimum Gasteiger partial charge on any atom is -0.375 e. The van der Waals surface area contributed by atoms with Gasteiger partial charge in [-0.2, -0.15) is 0 Å². The summed E-state index contributed by atoms with van der Waals surface area (Å²) in [6.45, 7) is -0.718. The van der Waals surface area contributed by atoms with E-state index >= 15 is 0 Å². The van der Waals surface area contributed by atoms with Gasteiger partial charge in [-0.1, -0.05) is 23.2 Å². The van der Waals surface area contributed by atoms with Gasteiger partial charge >= 0.3 is 0 Å². The number of carbonyl (C=O) groups excluding carboxylic acids is 1. The summed E-state index contributed by atoms with van der Waals surface area (Å²) in [5.74, 6) is -0.263.